The fourth-order valence-electron chi connectivity index (χ4n) is 3.02. The van der Waals surface area contributed by atoms with E-state index < -0.39 is 34.0 Å². The summed E-state index contributed by atoms with van der Waals surface area (Å²) in [5, 5.41) is 12.7. The second-order valence-electron chi connectivity index (χ2n) is 6.79. The lowest BCUT2D eigenvalue weighted by atomic mass is 10.0. The molecule has 1 fully saturated rings. The van der Waals surface area contributed by atoms with Crippen LogP contribution in [0.5, 0.6) is 0 Å². The van der Waals surface area contributed by atoms with Gasteiger partial charge in [0.25, 0.3) is 15.9 Å². The van der Waals surface area contributed by atoms with Gasteiger partial charge in [0.15, 0.2) is 0 Å². The van der Waals surface area contributed by atoms with E-state index >= 15 is 0 Å². The summed E-state index contributed by atoms with van der Waals surface area (Å²) in [4.78, 5) is 24.9. The van der Waals surface area contributed by atoms with Gasteiger partial charge in [-0.2, -0.15) is 0 Å². The van der Waals surface area contributed by atoms with Crippen molar-refractivity contribution in [3.05, 3.63) is 65.7 Å². The minimum absolute atomic E-state index is 0.106. The van der Waals surface area contributed by atoms with Crippen LogP contribution in [0, 0.1) is 6.92 Å². The molecule has 1 heterocycles. The number of aryl methyl sites for hydroxylation is 1. The van der Waals surface area contributed by atoms with Crippen molar-refractivity contribution < 1.29 is 23.1 Å². The van der Waals surface area contributed by atoms with Crippen LogP contribution in [0.2, 0.25) is 0 Å². The molecule has 0 radical (unpaired) electrons. The standard InChI is InChI=1S/C20H22N2O5S/c1-14-7-9-16(10-8-14)28(26,27)22(19(23)17-11-12-21-17)18(20(24)25)13-15-5-3-2-4-6-15/h2-10,17-18,21H,11-13H2,1H3,(H,24,25)/t17?,18-/m0/s1. The molecular weight excluding hydrogens is 380 g/mol. The lowest BCUT2D eigenvalue weighted by Crippen LogP contribution is -2.59. The Morgan fingerprint density at radius 1 is 1.14 bits per heavy atom. The first-order chi connectivity index (χ1) is 13.3. The Bertz CT molecular complexity index is 954. The minimum atomic E-state index is -4.34. The van der Waals surface area contributed by atoms with E-state index in [9.17, 15) is 23.1 Å². The zero-order valence-electron chi connectivity index (χ0n) is 15.4. The third kappa shape index (κ3) is 4.07. The van der Waals surface area contributed by atoms with Crippen LogP contribution in [0.25, 0.3) is 0 Å². The maximum absolute atomic E-state index is 13.3. The molecule has 0 bridgehead atoms. The smallest absolute Gasteiger partial charge is 0.328 e. The minimum Gasteiger partial charge on any atom is -0.480 e. The van der Waals surface area contributed by atoms with Crippen LogP contribution < -0.4 is 5.32 Å². The van der Waals surface area contributed by atoms with Crippen LogP contribution in [0.4, 0.5) is 0 Å². The first-order valence-corrected chi connectivity index (χ1v) is 10.4. The van der Waals surface area contributed by atoms with E-state index in [1.165, 1.54) is 12.1 Å². The van der Waals surface area contributed by atoms with E-state index in [1.807, 2.05) is 6.92 Å². The number of amides is 1. The summed E-state index contributed by atoms with van der Waals surface area (Å²) in [5.41, 5.74) is 1.49. The molecule has 2 aromatic rings. The van der Waals surface area contributed by atoms with Crippen LogP contribution in [0.1, 0.15) is 17.5 Å². The van der Waals surface area contributed by atoms with Gasteiger partial charge in [-0.15, -0.1) is 0 Å². The summed E-state index contributed by atoms with van der Waals surface area (Å²) >= 11 is 0. The van der Waals surface area contributed by atoms with Crippen LogP contribution in [0.3, 0.4) is 0 Å². The Hall–Kier alpha value is -2.71. The highest BCUT2D eigenvalue weighted by Crippen LogP contribution is 2.24. The van der Waals surface area contributed by atoms with Crippen molar-refractivity contribution in [3.8, 4) is 0 Å². The van der Waals surface area contributed by atoms with Crippen molar-refractivity contribution in [2.75, 3.05) is 6.54 Å². The molecule has 1 saturated heterocycles. The second kappa shape index (κ2) is 8.12. The Kier molecular flexibility index (Phi) is 5.81. The SMILES string of the molecule is Cc1ccc(S(=O)(=O)N(C(=O)C2CCN2)[C@@H](Cc2ccccc2)C(=O)O)cc1. The van der Waals surface area contributed by atoms with E-state index in [2.05, 4.69) is 5.32 Å². The van der Waals surface area contributed by atoms with Gasteiger partial charge >= 0.3 is 5.97 Å². The molecule has 7 nitrogen and oxygen atoms in total. The summed E-state index contributed by atoms with van der Waals surface area (Å²) < 4.78 is 27.1. The molecule has 1 unspecified atom stereocenters. The fourth-order valence-corrected chi connectivity index (χ4v) is 4.60. The third-order valence-electron chi connectivity index (χ3n) is 4.76. The van der Waals surface area contributed by atoms with Crippen molar-refractivity contribution in [2.45, 2.75) is 36.7 Å². The van der Waals surface area contributed by atoms with Gasteiger partial charge in [0.2, 0.25) is 0 Å². The van der Waals surface area contributed by atoms with Gasteiger partial charge < -0.3 is 10.4 Å². The highest BCUT2D eigenvalue weighted by Gasteiger charge is 2.43. The first-order valence-electron chi connectivity index (χ1n) is 8.96. The van der Waals surface area contributed by atoms with Gasteiger partial charge in [0.05, 0.1) is 10.9 Å². The molecule has 2 N–H and O–H groups in total. The molecular formula is C20H22N2O5S. The fraction of sp³-hybridized carbons (Fsp3) is 0.300. The predicted molar refractivity (Wildman–Crippen MR) is 103 cm³/mol. The molecule has 0 aliphatic carbocycles. The van der Waals surface area contributed by atoms with Gasteiger partial charge in [-0.25, -0.2) is 17.5 Å². The number of sulfonamides is 1. The van der Waals surface area contributed by atoms with Crippen molar-refractivity contribution in [1.29, 1.82) is 0 Å². The molecule has 0 saturated carbocycles. The topological polar surface area (TPSA) is 104 Å². The molecule has 0 spiro atoms. The largest absolute Gasteiger partial charge is 0.480 e. The number of nitrogens with zero attached hydrogens (tertiary/aromatic N) is 1. The maximum atomic E-state index is 13.3. The van der Waals surface area contributed by atoms with Crippen LogP contribution in [-0.4, -0.2) is 48.3 Å². The number of carboxylic acids is 1. The van der Waals surface area contributed by atoms with Crippen molar-refractivity contribution >= 4 is 21.9 Å². The normalized spacial score (nSPS) is 17.4. The Labute approximate surface area is 164 Å². The monoisotopic (exact) mass is 402 g/mol. The molecule has 2 aromatic carbocycles. The molecule has 28 heavy (non-hydrogen) atoms. The molecule has 148 valence electrons. The maximum Gasteiger partial charge on any atom is 0.328 e. The van der Waals surface area contributed by atoms with Crippen LogP contribution in [-0.2, 0) is 26.0 Å². The number of carbonyl (C=O) groups excluding carboxylic acids is 1. The number of rotatable bonds is 7. The summed E-state index contributed by atoms with van der Waals surface area (Å²) in [6.07, 6.45) is 0.357. The van der Waals surface area contributed by atoms with Gasteiger partial charge in [-0.3, -0.25) is 4.79 Å². The number of nitrogens with one attached hydrogen (secondary N) is 1. The summed E-state index contributed by atoms with van der Waals surface area (Å²) in [7, 11) is -4.34. The molecule has 1 amide bonds. The van der Waals surface area contributed by atoms with E-state index in [-0.39, 0.29) is 11.3 Å². The van der Waals surface area contributed by atoms with E-state index in [1.54, 1.807) is 42.5 Å². The van der Waals surface area contributed by atoms with Gasteiger partial charge in [-0.05, 0) is 37.6 Å². The Morgan fingerprint density at radius 3 is 2.25 bits per heavy atom. The van der Waals surface area contributed by atoms with Gasteiger partial charge in [0.1, 0.15) is 6.04 Å². The van der Waals surface area contributed by atoms with Gasteiger partial charge in [0, 0.05) is 6.42 Å². The highest BCUT2D eigenvalue weighted by molar-refractivity contribution is 7.89. The average molecular weight is 402 g/mol. The lowest BCUT2D eigenvalue weighted by Gasteiger charge is -2.35. The number of hydrogen-bond donors (Lipinski definition) is 2. The second-order valence-corrected chi connectivity index (χ2v) is 8.61. The first kappa shape index (κ1) is 20.0. The van der Waals surface area contributed by atoms with Crippen molar-refractivity contribution in [3.63, 3.8) is 0 Å². The number of hydrogen-bond acceptors (Lipinski definition) is 5. The zero-order chi connectivity index (χ0) is 20.3. The summed E-state index contributed by atoms with van der Waals surface area (Å²) in [6, 6.07) is 12.4. The zero-order valence-corrected chi connectivity index (χ0v) is 16.2. The van der Waals surface area contributed by atoms with E-state index in [0.717, 1.165) is 5.56 Å². The summed E-state index contributed by atoms with van der Waals surface area (Å²) in [5.74, 6) is -2.11. The average Bonchev–Trinajstić information content (AvgIpc) is 2.60. The van der Waals surface area contributed by atoms with Gasteiger partial charge in [-0.1, -0.05) is 48.0 Å². The van der Waals surface area contributed by atoms with E-state index in [4.69, 9.17) is 0 Å². The third-order valence-corrected chi connectivity index (χ3v) is 6.58. The summed E-state index contributed by atoms with van der Waals surface area (Å²) in [6.45, 7) is 2.40. The molecule has 2 atom stereocenters. The molecule has 8 heteroatoms. The number of benzene rings is 2. The highest BCUT2D eigenvalue weighted by atomic mass is 32.2. The number of carbonyl (C=O) groups is 2. The van der Waals surface area contributed by atoms with Crippen LogP contribution >= 0.6 is 0 Å². The Morgan fingerprint density at radius 2 is 1.75 bits per heavy atom. The molecule has 3 rings (SSSR count). The molecule has 1 aliphatic heterocycles. The quantitative estimate of drug-likeness (QED) is 0.729. The Balaban J connectivity index is 2.05. The van der Waals surface area contributed by atoms with Crippen molar-refractivity contribution in [2.24, 2.45) is 0 Å². The number of carboxylic acid groups (broad SMARTS) is 1. The van der Waals surface area contributed by atoms with Crippen molar-refractivity contribution in [1.82, 2.24) is 9.62 Å². The van der Waals surface area contributed by atoms with Crippen LogP contribution in [0.15, 0.2) is 59.5 Å². The number of aliphatic carboxylic acids is 1. The van der Waals surface area contributed by atoms with E-state index in [0.29, 0.717) is 22.8 Å². The molecule has 0 aromatic heterocycles. The predicted octanol–water partition coefficient (Wildman–Crippen LogP) is 1.57. The lowest BCUT2D eigenvalue weighted by molar-refractivity contribution is -0.147. The molecule has 1 aliphatic rings.